The van der Waals surface area contributed by atoms with Crippen molar-refractivity contribution >= 4 is 54.4 Å². The van der Waals surface area contributed by atoms with Gasteiger partial charge >= 0.3 is 59.1 Å². The summed E-state index contributed by atoms with van der Waals surface area (Å²) in [6.07, 6.45) is 7.07. The SMILES string of the molecule is CCCCC1(CC)CN(c2ccccc2)c2cc(OCC(=O)[O-])ccc2S(=O)(=O)C1.CCCCC1(CC)CN(c2ccccc2)c2cc(OCC(=O)[O-])ccc2S(=O)(=O)C1.[Na+].[Na+]. The Labute approximate surface area is 411 Å². The summed E-state index contributed by atoms with van der Waals surface area (Å²) in [6.45, 7) is 8.27. The second kappa shape index (κ2) is 23.7. The van der Waals surface area contributed by atoms with Gasteiger partial charge in [0.2, 0.25) is 0 Å². The molecule has 2 atom stereocenters. The molecule has 2 unspecified atom stereocenters. The van der Waals surface area contributed by atoms with Crippen molar-refractivity contribution < 1.29 is 105 Å². The van der Waals surface area contributed by atoms with Gasteiger partial charge in [-0.05, 0) is 74.2 Å². The van der Waals surface area contributed by atoms with Gasteiger partial charge in [-0.1, -0.05) is 89.8 Å². The maximum absolute atomic E-state index is 13.4. The van der Waals surface area contributed by atoms with Crippen LogP contribution < -0.4 is 88.6 Å². The number of aliphatic carboxylic acids is 2. The van der Waals surface area contributed by atoms with Crippen LogP contribution in [0.5, 0.6) is 11.5 Å². The van der Waals surface area contributed by atoms with Crippen molar-refractivity contribution in [1.82, 2.24) is 0 Å². The average Bonchev–Trinajstić information content (AvgIpc) is 3.41. The first-order valence-corrected chi connectivity index (χ1v) is 23.9. The monoisotopic (exact) mass is 906 g/mol. The molecule has 4 aromatic rings. The second-order valence-corrected chi connectivity index (χ2v) is 19.8. The number of carbonyl (C=O) groups is 2. The molecule has 0 aliphatic carbocycles. The predicted molar refractivity (Wildman–Crippen MR) is 229 cm³/mol. The minimum Gasteiger partial charge on any atom is -0.546 e. The Kier molecular flexibility index (Phi) is 20.4. The number of benzene rings is 4. The van der Waals surface area contributed by atoms with E-state index in [1.165, 1.54) is 24.3 Å². The molecule has 12 nitrogen and oxygen atoms in total. The molecular formula is C46H56N2Na2O10S2. The zero-order valence-electron chi connectivity index (χ0n) is 36.9. The van der Waals surface area contributed by atoms with E-state index in [0.717, 1.165) is 62.7 Å². The Morgan fingerprint density at radius 1 is 0.581 bits per heavy atom. The molecule has 0 aromatic heterocycles. The maximum Gasteiger partial charge on any atom is 1.00 e. The van der Waals surface area contributed by atoms with Gasteiger partial charge in [-0.3, -0.25) is 0 Å². The predicted octanol–water partition coefficient (Wildman–Crippen LogP) is 0.663. The largest absolute Gasteiger partial charge is 1.00 e. The molecule has 0 fully saturated rings. The summed E-state index contributed by atoms with van der Waals surface area (Å²) in [7, 11) is -7.09. The molecule has 0 saturated heterocycles. The summed E-state index contributed by atoms with van der Waals surface area (Å²) in [5.41, 5.74) is 2.06. The van der Waals surface area contributed by atoms with E-state index in [1.54, 1.807) is 12.1 Å². The van der Waals surface area contributed by atoms with E-state index < -0.39 is 44.8 Å². The summed E-state index contributed by atoms with van der Waals surface area (Å²) < 4.78 is 64.2. The minimum atomic E-state index is -3.54. The number of unbranched alkanes of at least 4 members (excludes halogenated alkanes) is 2. The smallest absolute Gasteiger partial charge is 0.546 e. The Morgan fingerprint density at radius 2 is 0.935 bits per heavy atom. The molecule has 0 saturated carbocycles. The molecule has 0 N–H and O–H groups in total. The van der Waals surface area contributed by atoms with Crippen LogP contribution in [-0.4, -0.2) is 66.6 Å². The number of hydrogen-bond acceptors (Lipinski definition) is 12. The standard InChI is InChI=1S/2C23H29NO5S.2Na/c2*1-3-5-13-23(4-2)16-24(18-9-7-6-8-10-18)20-14-19(29-15-22(25)26)11-12-21(20)30(27,28)17-23;;/h2*6-12,14H,3-5,13,15-17H2,1-2H3,(H,25,26);;/q;;2*+1/p-2. The number of rotatable bonds is 16. The van der Waals surface area contributed by atoms with Gasteiger partial charge in [0.05, 0.1) is 44.6 Å². The quantitative estimate of drug-likeness (QED) is 0.144. The van der Waals surface area contributed by atoms with Gasteiger partial charge in [0.1, 0.15) is 24.7 Å². The van der Waals surface area contributed by atoms with Crippen molar-refractivity contribution in [2.75, 3.05) is 47.6 Å². The number of para-hydroxylation sites is 2. The van der Waals surface area contributed by atoms with Crippen LogP contribution in [0.1, 0.15) is 79.1 Å². The van der Waals surface area contributed by atoms with Crippen LogP contribution >= 0.6 is 0 Å². The third kappa shape index (κ3) is 13.5. The van der Waals surface area contributed by atoms with Gasteiger partial charge in [0.15, 0.2) is 19.7 Å². The van der Waals surface area contributed by atoms with Crippen LogP contribution in [0.15, 0.2) is 107 Å². The van der Waals surface area contributed by atoms with E-state index in [1.807, 2.05) is 70.5 Å². The van der Waals surface area contributed by atoms with E-state index in [0.29, 0.717) is 36.0 Å². The van der Waals surface area contributed by atoms with Crippen molar-refractivity contribution in [3.05, 3.63) is 97.1 Å². The zero-order chi connectivity index (χ0) is 43.6. The molecule has 6 rings (SSSR count). The Balaban J connectivity index is 0.000000320. The molecule has 0 spiro atoms. The number of carbonyl (C=O) groups excluding carboxylic acids is 2. The number of anilines is 4. The number of fused-ring (bicyclic) bond motifs is 2. The second-order valence-electron chi connectivity index (χ2n) is 15.9. The first-order valence-electron chi connectivity index (χ1n) is 20.6. The molecule has 16 heteroatoms. The first kappa shape index (κ1) is 53.3. The van der Waals surface area contributed by atoms with Crippen LogP contribution in [0.3, 0.4) is 0 Å². The van der Waals surface area contributed by atoms with Crippen molar-refractivity contribution in [3.8, 4) is 11.5 Å². The number of carboxylic acids is 2. The normalized spacial score (nSPS) is 19.6. The van der Waals surface area contributed by atoms with Crippen LogP contribution in [0.2, 0.25) is 0 Å². The number of ether oxygens (including phenoxy) is 2. The summed E-state index contributed by atoms with van der Waals surface area (Å²) in [5.74, 6) is -1.89. The van der Waals surface area contributed by atoms with E-state index in [9.17, 15) is 36.6 Å². The van der Waals surface area contributed by atoms with Gasteiger partial charge in [0, 0.05) is 47.4 Å². The summed E-state index contributed by atoms with van der Waals surface area (Å²) in [6, 6.07) is 28.6. The number of sulfone groups is 2. The fraction of sp³-hybridized carbons (Fsp3) is 0.435. The van der Waals surface area contributed by atoms with Crippen molar-refractivity contribution in [2.24, 2.45) is 10.8 Å². The third-order valence-electron chi connectivity index (χ3n) is 11.6. The molecule has 0 radical (unpaired) electrons. The van der Waals surface area contributed by atoms with E-state index in [2.05, 4.69) is 27.7 Å². The van der Waals surface area contributed by atoms with E-state index in [4.69, 9.17) is 9.47 Å². The Bertz CT molecular complexity index is 2160. The zero-order valence-corrected chi connectivity index (χ0v) is 42.6. The summed E-state index contributed by atoms with van der Waals surface area (Å²) in [4.78, 5) is 26.1. The molecule has 2 heterocycles. The molecule has 4 aromatic carbocycles. The van der Waals surface area contributed by atoms with Gasteiger partial charge in [-0.2, -0.15) is 0 Å². The molecule has 0 bridgehead atoms. The molecule has 2 aliphatic rings. The van der Waals surface area contributed by atoms with Gasteiger partial charge in [-0.25, -0.2) is 16.8 Å². The minimum absolute atomic E-state index is 0. The summed E-state index contributed by atoms with van der Waals surface area (Å²) >= 11 is 0. The topological polar surface area (TPSA) is 173 Å². The first-order chi connectivity index (χ1) is 28.6. The Morgan fingerprint density at radius 3 is 1.24 bits per heavy atom. The van der Waals surface area contributed by atoms with Crippen LogP contribution in [0, 0.1) is 10.8 Å². The van der Waals surface area contributed by atoms with Crippen LogP contribution in [-0.2, 0) is 29.3 Å². The van der Waals surface area contributed by atoms with Crippen molar-refractivity contribution in [1.29, 1.82) is 0 Å². The molecule has 2 aliphatic heterocycles. The molecule has 62 heavy (non-hydrogen) atoms. The van der Waals surface area contributed by atoms with E-state index in [-0.39, 0.29) is 91.2 Å². The molecule has 324 valence electrons. The molecule has 0 amide bonds. The average molecular weight is 907 g/mol. The summed E-state index contributed by atoms with van der Waals surface area (Å²) in [5, 5.41) is 21.6. The van der Waals surface area contributed by atoms with Gasteiger partial charge in [-0.15, -0.1) is 0 Å². The van der Waals surface area contributed by atoms with Gasteiger partial charge in [0.25, 0.3) is 0 Å². The Hall–Kier alpha value is -3.08. The maximum atomic E-state index is 13.4. The number of nitrogens with zero attached hydrogens (tertiary/aromatic N) is 2. The van der Waals surface area contributed by atoms with E-state index >= 15 is 0 Å². The van der Waals surface area contributed by atoms with Crippen molar-refractivity contribution in [2.45, 2.75) is 88.9 Å². The van der Waals surface area contributed by atoms with Crippen LogP contribution in [0.4, 0.5) is 22.7 Å². The fourth-order valence-corrected chi connectivity index (χ4v) is 12.5. The third-order valence-corrected chi connectivity index (χ3v) is 15.6. The van der Waals surface area contributed by atoms with Crippen molar-refractivity contribution in [3.63, 3.8) is 0 Å². The van der Waals surface area contributed by atoms with Gasteiger partial charge < -0.3 is 39.1 Å². The number of carboxylic acid groups (broad SMARTS) is 2. The van der Waals surface area contributed by atoms with Crippen LogP contribution in [0.25, 0.3) is 0 Å². The fourth-order valence-electron chi connectivity index (χ4n) is 8.16. The number of hydrogen-bond donors (Lipinski definition) is 0. The molecular weight excluding hydrogens is 851 g/mol.